The highest BCUT2D eigenvalue weighted by molar-refractivity contribution is 6.18. The average Bonchev–Trinajstić information content (AvgIpc) is 1.50. The fourth-order valence-corrected chi connectivity index (χ4v) is 17.7. The van der Waals surface area contributed by atoms with Gasteiger partial charge in [-0.1, -0.05) is 315 Å². The summed E-state index contributed by atoms with van der Waals surface area (Å²) >= 11 is 0. The molecule has 2 aliphatic rings. The molecule has 0 saturated carbocycles. The SMILES string of the molecule is c1ccc(-c2ccc3c(c2)c2c(-c4cccc(-c5nc(-c6ccccc6)nc(-c6ccccc6)n5)c4)cccc2n3-c2ccc3c(c2)C2(c4ccccc4-3)c3ccccc3-c3ccc(-n4c5ccc(-c6ccccc6)cc5c5c(-c6cccc(-c7nc(-c8ccccc8)nc(-c8ccccc8)n7)c6)cccc54)cc32)cc1. The molecule has 0 atom stereocenters. The van der Waals surface area contributed by atoms with Gasteiger partial charge in [-0.15, -0.1) is 0 Å². The van der Waals surface area contributed by atoms with E-state index in [0.717, 1.165) is 133 Å². The van der Waals surface area contributed by atoms with Crippen LogP contribution in [0.1, 0.15) is 22.3 Å². The Bertz CT molecular complexity index is 6570. The van der Waals surface area contributed by atoms with E-state index in [1.807, 2.05) is 72.8 Å². The molecule has 1 spiro atoms. The third-order valence-electron chi connectivity index (χ3n) is 22.6. The number of benzene rings is 16. The summed E-state index contributed by atoms with van der Waals surface area (Å²) in [5, 5.41) is 4.62. The Balaban J connectivity index is 0.727. The zero-order valence-electron chi connectivity index (χ0n) is 60.0. The molecule has 0 N–H and O–H groups in total. The molecule has 2 aliphatic carbocycles. The molecule has 22 rings (SSSR count). The maximum atomic E-state index is 5.20. The standard InChI is InChI=1S/C103H64N8/c1-7-27-65(28-8-1)71-51-57-91-85(61-71)95-79(73-39-23-41-75(59-73)101-106-97(67-31-11-3-12-32-67)104-98(107-101)68-33-13-4-14-34-68)45-25-49-93(95)110(91)77-53-55-83-81-43-19-21-47-87(81)103(89(83)63-77)88-48-22-20-44-82(88)84-56-54-78(64-90(84)103)111-92-58-52-72(66-29-9-2-10-30-66)62-86(92)96-80(46-26-50-94(96)111)74-40-24-42-76(60-74)102-108-99(69-35-15-5-16-36-69)105-100(109-102)70-37-17-6-18-38-70/h1-64H. The molecule has 516 valence electrons. The summed E-state index contributed by atoms with van der Waals surface area (Å²) in [7, 11) is 0. The second-order valence-electron chi connectivity index (χ2n) is 28.8. The fraction of sp³-hybridized carbons (Fsp3) is 0.00971. The van der Waals surface area contributed by atoms with E-state index in [-0.39, 0.29) is 0 Å². The summed E-state index contributed by atoms with van der Waals surface area (Å²) in [5.41, 5.74) is 30.2. The van der Waals surface area contributed by atoms with Crippen molar-refractivity contribution >= 4 is 43.6 Å². The minimum absolute atomic E-state index is 0.606. The van der Waals surface area contributed by atoms with Crippen molar-refractivity contribution in [3.63, 3.8) is 0 Å². The summed E-state index contributed by atoms with van der Waals surface area (Å²) in [6, 6.07) is 140. The van der Waals surface area contributed by atoms with Crippen molar-refractivity contribution in [1.82, 2.24) is 39.0 Å². The van der Waals surface area contributed by atoms with Crippen molar-refractivity contribution < 1.29 is 0 Å². The number of rotatable bonds is 12. The van der Waals surface area contributed by atoms with Crippen LogP contribution in [-0.4, -0.2) is 39.0 Å². The second-order valence-corrected chi connectivity index (χ2v) is 28.8. The zero-order valence-corrected chi connectivity index (χ0v) is 60.0. The highest BCUT2D eigenvalue weighted by Crippen LogP contribution is 2.64. The molecule has 0 radical (unpaired) electrons. The minimum Gasteiger partial charge on any atom is -0.309 e. The van der Waals surface area contributed by atoms with Crippen LogP contribution in [0.2, 0.25) is 0 Å². The van der Waals surface area contributed by atoms with Gasteiger partial charge in [0.25, 0.3) is 0 Å². The number of hydrogen-bond acceptors (Lipinski definition) is 6. The van der Waals surface area contributed by atoms with Gasteiger partial charge in [0.15, 0.2) is 34.9 Å². The second kappa shape index (κ2) is 25.7. The molecule has 0 saturated heterocycles. The predicted octanol–water partition coefficient (Wildman–Crippen LogP) is 25.3. The van der Waals surface area contributed by atoms with Crippen LogP contribution in [0, 0.1) is 0 Å². The minimum atomic E-state index is -0.717. The molecule has 111 heavy (non-hydrogen) atoms. The number of aromatic nitrogens is 8. The zero-order chi connectivity index (χ0) is 73.1. The first kappa shape index (κ1) is 63.4. The fourth-order valence-electron chi connectivity index (χ4n) is 17.7. The topological polar surface area (TPSA) is 87.2 Å². The quantitative estimate of drug-likeness (QED) is 0.121. The number of hydrogen-bond donors (Lipinski definition) is 0. The summed E-state index contributed by atoms with van der Waals surface area (Å²) < 4.78 is 5.02. The van der Waals surface area contributed by atoms with E-state index in [1.165, 1.54) is 44.5 Å². The lowest BCUT2D eigenvalue weighted by Gasteiger charge is -2.31. The van der Waals surface area contributed by atoms with Crippen molar-refractivity contribution in [2.24, 2.45) is 0 Å². The van der Waals surface area contributed by atoms with E-state index in [9.17, 15) is 0 Å². The molecule has 8 heteroatoms. The number of nitrogens with zero attached hydrogens (tertiary/aromatic N) is 8. The highest BCUT2D eigenvalue weighted by atomic mass is 15.0. The van der Waals surface area contributed by atoms with E-state index in [1.54, 1.807) is 0 Å². The van der Waals surface area contributed by atoms with Gasteiger partial charge >= 0.3 is 0 Å². The van der Waals surface area contributed by atoms with Crippen LogP contribution in [0.5, 0.6) is 0 Å². The molecular weight excluding hydrogens is 1350 g/mol. The van der Waals surface area contributed by atoms with Gasteiger partial charge in [0.1, 0.15) is 0 Å². The lowest BCUT2D eigenvalue weighted by Crippen LogP contribution is -2.26. The maximum Gasteiger partial charge on any atom is 0.164 e. The average molecular weight is 1410 g/mol. The Kier molecular flexibility index (Phi) is 14.7. The molecule has 0 unspecified atom stereocenters. The van der Waals surface area contributed by atoms with Crippen LogP contribution in [0.15, 0.2) is 388 Å². The van der Waals surface area contributed by atoms with Gasteiger partial charge in [-0.25, -0.2) is 29.9 Å². The smallest absolute Gasteiger partial charge is 0.164 e. The van der Waals surface area contributed by atoms with E-state index >= 15 is 0 Å². The molecule has 0 aliphatic heterocycles. The highest BCUT2D eigenvalue weighted by Gasteiger charge is 2.52. The molecule has 0 amide bonds. The summed E-state index contributed by atoms with van der Waals surface area (Å²) in [4.78, 5) is 30.9. The Morgan fingerprint density at radius 1 is 0.171 bits per heavy atom. The first-order chi connectivity index (χ1) is 55.0. The summed E-state index contributed by atoms with van der Waals surface area (Å²) in [6.45, 7) is 0. The van der Waals surface area contributed by atoms with Crippen LogP contribution >= 0.6 is 0 Å². The predicted molar refractivity (Wildman–Crippen MR) is 453 cm³/mol. The van der Waals surface area contributed by atoms with Crippen LogP contribution in [0.25, 0.3) is 190 Å². The van der Waals surface area contributed by atoms with Crippen molar-refractivity contribution in [1.29, 1.82) is 0 Å². The third-order valence-corrected chi connectivity index (χ3v) is 22.6. The summed E-state index contributed by atoms with van der Waals surface area (Å²) in [6.07, 6.45) is 0. The monoisotopic (exact) mass is 1410 g/mol. The Morgan fingerprint density at radius 3 is 0.829 bits per heavy atom. The van der Waals surface area contributed by atoms with Gasteiger partial charge in [0.05, 0.1) is 27.5 Å². The van der Waals surface area contributed by atoms with Crippen LogP contribution in [-0.2, 0) is 5.41 Å². The van der Waals surface area contributed by atoms with Gasteiger partial charge in [0.2, 0.25) is 0 Å². The van der Waals surface area contributed by atoms with Crippen molar-refractivity contribution in [3.05, 3.63) is 411 Å². The molecule has 4 aromatic heterocycles. The van der Waals surface area contributed by atoms with Gasteiger partial charge in [-0.3, -0.25) is 0 Å². The summed E-state index contributed by atoms with van der Waals surface area (Å²) in [5.74, 6) is 3.70. The molecule has 20 aromatic rings. The van der Waals surface area contributed by atoms with Gasteiger partial charge in [0, 0.05) is 66.3 Å². The molecule has 0 bridgehead atoms. The lowest BCUT2D eigenvalue weighted by molar-refractivity contribution is 0.791. The molecule has 0 fully saturated rings. The molecule has 16 aromatic carbocycles. The Hall–Kier alpha value is -14.9. The first-order valence-electron chi connectivity index (χ1n) is 37.7. The lowest BCUT2D eigenvalue weighted by atomic mass is 9.70. The molecule has 8 nitrogen and oxygen atoms in total. The third kappa shape index (κ3) is 10.3. The van der Waals surface area contributed by atoms with E-state index in [4.69, 9.17) is 29.9 Å². The van der Waals surface area contributed by atoms with Gasteiger partial charge in [-0.05, 0) is 162 Å². The number of fused-ring (bicyclic) bond motifs is 16. The van der Waals surface area contributed by atoms with Crippen LogP contribution in [0.3, 0.4) is 0 Å². The Morgan fingerprint density at radius 2 is 0.459 bits per heavy atom. The van der Waals surface area contributed by atoms with E-state index in [2.05, 4.69) is 325 Å². The largest absolute Gasteiger partial charge is 0.309 e. The van der Waals surface area contributed by atoms with Crippen LogP contribution < -0.4 is 0 Å². The van der Waals surface area contributed by atoms with Gasteiger partial charge in [-0.2, -0.15) is 0 Å². The maximum absolute atomic E-state index is 5.20. The molecular formula is C103H64N8. The Labute approximate surface area is 641 Å². The van der Waals surface area contributed by atoms with Crippen molar-refractivity contribution in [2.75, 3.05) is 0 Å². The van der Waals surface area contributed by atoms with Crippen molar-refractivity contribution in [2.45, 2.75) is 5.41 Å². The first-order valence-corrected chi connectivity index (χ1v) is 37.7. The van der Waals surface area contributed by atoms with E-state index < -0.39 is 5.41 Å². The van der Waals surface area contributed by atoms with Gasteiger partial charge < -0.3 is 9.13 Å². The molecule has 4 heterocycles. The van der Waals surface area contributed by atoms with Crippen molar-refractivity contribution in [3.8, 4) is 146 Å². The normalized spacial score (nSPS) is 12.4. The van der Waals surface area contributed by atoms with Crippen LogP contribution in [0.4, 0.5) is 0 Å². The van der Waals surface area contributed by atoms with E-state index in [0.29, 0.717) is 34.9 Å².